The maximum Gasteiger partial charge on any atom is 0.292 e. The second-order valence-corrected chi connectivity index (χ2v) is 5.08. The van der Waals surface area contributed by atoms with E-state index in [-0.39, 0.29) is 16.7 Å². The molecule has 1 aromatic carbocycles. The van der Waals surface area contributed by atoms with Crippen molar-refractivity contribution in [3.05, 3.63) is 33.3 Å². The molecule has 92 valence electrons. The topological polar surface area (TPSA) is 55.2 Å². The first-order chi connectivity index (χ1) is 8.06. The van der Waals surface area contributed by atoms with Gasteiger partial charge in [-0.3, -0.25) is 10.1 Å². The number of benzene rings is 1. The Morgan fingerprint density at radius 3 is 2.88 bits per heavy atom. The van der Waals surface area contributed by atoms with Crippen molar-refractivity contribution in [2.75, 3.05) is 5.32 Å². The molecule has 17 heavy (non-hydrogen) atoms. The van der Waals surface area contributed by atoms with Crippen LogP contribution in [0.3, 0.4) is 0 Å². The van der Waals surface area contributed by atoms with Crippen molar-refractivity contribution in [2.45, 2.75) is 32.2 Å². The first-order valence-corrected chi connectivity index (χ1v) is 6.14. The molecule has 1 N–H and O–H groups in total. The summed E-state index contributed by atoms with van der Waals surface area (Å²) in [7, 11) is 0. The van der Waals surface area contributed by atoms with Crippen LogP contribution >= 0.6 is 11.6 Å². The number of nitro benzene ring substituents is 1. The molecule has 1 saturated carbocycles. The van der Waals surface area contributed by atoms with Gasteiger partial charge in [0.25, 0.3) is 5.69 Å². The molecular formula is C12H15ClN2O2. The highest BCUT2D eigenvalue weighted by atomic mass is 35.5. The number of hydrogen-bond donors (Lipinski definition) is 1. The lowest BCUT2D eigenvalue weighted by atomic mass is 10.1. The number of hydrogen-bond acceptors (Lipinski definition) is 3. The van der Waals surface area contributed by atoms with Crippen molar-refractivity contribution in [1.82, 2.24) is 0 Å². The van der Waals surface area contributed by atoms with Gasteiger partial charge in [0.05, 0.1) is 4.92 Å². The van der Waals surface area contributed by atoms with Gasteiger partial charge in [-0.25, -0.2) is 0 Å². The Bertz CT molecular complexity index is 433. The van der Waals surface area contributed by atoms with Gasteiger partial charge in [-0.1, -0.05) is 24.4 Å². The standard InChI is InChI=1S/C12H15ClN2O2/c1-8(6-9-2-3-9)14-11-7-10(13)4-5-12(11)15(16)17/h4-5,7-9,14H,2-3,6H2,1H3. The van der Waals surface area contributed by atoms with Crippen molar-refractivity contribution < 1.29 is 4.92 Å². The summed E-state index contributed by atoms with van der Waals surface area (Å²) in [6, 6.07) is 4.83. The molecule has 1 atom stereocenters. The maximum absolute atomic E-state index is 10.9. The van der Waals surface area contributed by atoms with Gasteiger partial charge >= 0.3 is 0 Å². The molecule has 0 aromatic heterocycles. The Morgan fingerprint density at radius 2 is 2.29 bits per heavy atom. The molecule has 0 spiro atoms. The van der Waals surface area contributed by atoms with E-state index < -0.39 is 0 Å². The summed E-state index contributed by atoms with van der Waals surface area (Å²) in [4.78, 5) is 10.5. The van der Waals surface area contributed by atoms with Gasteiger partial charge in [-0.15, -0.1) is 0 Å². The maximum atomic E-state index is 10.9. The highest BCUT2D eigenvalue weighted by Crippen LogP contribution is 2.35. The van der Waals surface area contributed by atoms with Crippen LogP contribution in [0.5, 0.6) is 0 Å². The van der Waals surface area contributed by atoms with Crippen LogP contribution in [0.15, 0.2) is 18.2 Å². The average molecular weight is 255 g/mol. The predicted molar refractivity (Wildman–Crippen MR) is 68.5 cm³/mol. The van der Waals surface area contributed by atoms with Crippen LogP contribution in [-0.2, 0) is 0 Å². The van der Waals surface area contributed by atoms with E-state index in [9.17, 15) is 10.1 Å². The third-order valence-electron chi connectivity index (χ3n) is 2.94. The molecule has 0 saturated heterocycles. The molecule has 0 aliphatic heterocycles. The van der Waals surface area contributed by atoms with Crippen LogP contribution in [0.2, 0.25) is 5.02 Å². The average Bonchev–Trinajstić information content (AvgIpc) is 3.00. The first kappa shape index (κ1) is 12.2. The molecule has 0 heterocycles. The van der Waals surface area contributed by atoms with Crippen molar-refractivity contribution in [1.29, 1.82) is 0 Å². The quantitative estimate of drug-likeness (QED) is 0.641. The molecule has 1 aliphatic carbocycles. The third-order valence-corrected chi connectivity index (χ3v) is 3.18. The summed E-state index contributed by atoms with van der Waals surface area (Å²) in [5, 5.41) is 14.6. The normalized spacial score (nSPS) is 16.6. The monoisotopic (exact) mass is 254 g/mol. The summed E-state index contributed by atoms with van der Waals surface area (Å²) in [6.45, 7) is 2.04. The molecule has 1 aromatic rings. The number of rotatable bonds is 5. The molecule has 4 nitrogen and oxygen atoms in total. The third kappa shape index (κ3) is 3.33. The van der Waals surface area contributed by atoms with E-state index in [1.807, 2.05) is 6.92 Å². The summed E-state index contributed by atoms with van der Waals surface area (Å²) in [6.07, 6.45) is 3.62. The van der Waals surface area contributed by atoms with Gasteiger partial charge < -0.3 is 5.32 Å². The van der Waals surface area contributed by atoms with E-state index in [0.717, 1.165) is 12.3 Å². The van der Waals surface area contributed by atoms with E-state index in [0.29, 0.717) is 10.7 Å². The summed E-state index contributed by atoms with van der Waals surface area (Å²) in [5.41, 5.74) is 0.590. The minimum Gasteiger partial charge on any atom is -0.377 e. The van der Waals surface area contributed by atoms with E-state index in [4.69, 9.17) is 11.6 Å². The fourth-order valence-electron chi connectivity index (χ4n) is 1.96. The van der Waals surface area contributed by atoms with Crippen LogP contribution in [0.1, 0.15) is 26.2 Å². The number of nitrogens with zero attached hydrogens (tertiary/aromatic N) is 1. The molecule has 1 aliphatic rings. The Hall–Kier alpha value is -1.29. The zero-order valence-corrected chi connectivity index (χ0v) is 10.4. The van der Waals surface area contributed by atoms with Gasteiger partial charge in [-0.2, -0.15) is 0 Å². The van der Waals surface area contributed by atoms with Gasteiger partial charge in [0.1, 0.15) is 5.69 Å². The van der Waals surface area contributed by atoms with Crippen molar-refractivity contribution >= 4 is 23.0 Å². The van der Waals surface area contributed by atoms with Crippen LogP contribution in [0.25, 0.3) is 0 Å². The largest absolute Gasteiger partial charge is 0.377 e. The van der Waals surface area contributed by atoms with E-state index in [2.05, 4.69) is 5.32 Å². The number of nitrogens with one attached hydrogen (secondary N) is 1. The van der Waals surface area contributed by atoms with Gasteiger partial charge in [0, 0.05) is 17.1 Å². The minimum absolute atomic E-state index is 0.0806. The fourth-order valence-corrected chi connectivity index (χ4v) is 2.13. The SMILES string of the molecule is CC(CC1CC1)Nc1cc(Cl)ccc1[N+](=O)[O-]. The van der Waals surface area contributed by atoms with E-state index in [1.54, 1.807) is 6.07 Å². The molecule has 1 fully saturated rings. The van der Waals surface area contributed by atoms with Gasteiger partial charge in [0.2, 0.25) is 0 Å². The van der Waals surface area contributed by atoms with Crippen LogP contribution in [0.4, 0.5) is 11.4 Å². The van der Waals surface area contributed by atoms with Gasteiger partial charge in [0.15, 0.2) is 0 Å². The van der Waals surface area contributed by atoms with Gasteiger partial charge in [-0.05, 0) is 31.4 Å². The Morgan fingerprint density at radius 1 is 1.59 bits per heavy atom. The van der Waals surface area contributed by atoms with Crippen LogP contribution in [-0.4, -0.2) is 11.0 Å². The summed E-state index contributed by atoms with van der Waals surface area (Å²) < 4.78 is 0. The smallest absolute Gasteiger partial charge is 0.292 e. The lowest BCUT2D eigenvalue weighted by Gasteiger charge is -2.14. The minimum atomic E-state index is -0.386. The first-order valence-electron chi connectivity index (χ1n) is 5.76. The second kappa shape index (κ2) is 4.92. The molecule has 0 radical (unpaired) electrons. The molecule has 2 rings (SSSR count). The van der Waals surface area contributed by atoms with E-state index >= 15 is 0 Å². The van der Waals surface area contributed by atoms with Crippen LogP contribution in [0, 0.1) is 16.0 Å². The highest BCUT2D eigenvalue weighted by Gasteiger charge is 2.24. The molecule has 1 unspecified atom stereocenters. The zero-order valence-electron chi connectivity index (χ0n) is 9.65. The Kier molecular flexibility index (Phi) is 3.52. The Balaban J connectivity index is 2.11. The number of halogens is 1. The van der Waals surface area contributed by atoms with E-state index in [1.165, 1.54) is 25.0 Å². The second-order valence-electron chi connectivity index (χ2n) is 4.64. The summed E-state index contributed by atoms with van der Waals surface area (Å²) >= 11 is 5.86. The van der Waals surface area contributed by atoms with Crippen molar-refractivity contribution in [3.63, 3.8) is 0 Å². The molecular weight excluding hydrogens is 240 g/mol. The number of nitro groups is 1. The lowest BCUT2D eigenvalue weighted by molar-refractivity contribution is -0.384. The van der Waals surface area contributed by atoms with Crippen molar-refractivity contribution in [3.8, 4) is 0 Å². The highest BCUT2D eigenvalue weighted by molar-refractivity contribution is 6.31. The van der Waals surface area contributed by atoms with Crippen molar-refractivity contribution in [2.24, 2.45) is 5.92 Å². The Labute approximate surface area is 105 Å². The molecule has 5 heteroatoms. The predicted octanol–water partition coefficient (Wildman–Crippen LogP) is 3.85. The van der Waals surface area contributed by atoms with Crippen LogP contribution < -0.4 is 5.32 Å². The lowest BCUT2D eigenvalue weighted by Crippen LogP contribution is -2.16. The number of anilines is 1. The zero-order chi connectivity index (χ0) is 12.4. The summed E-state index contributed by atoms with van der Waals surface area (Å²) in [5.74, 6) is 0.788. The molecule has 0 amide bonds. The fraction of sp³-hybridized carbons (Fsp3) is 0.500. The molecule has 0 bridgehead atoms.